The largest absolute Gasteiger partial charge is 0.431 e. The van der Waals surface area contributed by atoms with E-state index >= 15 is 0 Å². The van der Waals surface area contributed by atoms with Crippen LogP contribution >= 0.6 is 0 Å². The van der Waals surface area contributed by atoms with Gasteiger partial charge in [0.1, 0.15) is 0 Å². The van der Waals surface area contributed by atoms with Crippen molar-refractivity contribution in [2.45, 2.75) is 37.0 Å². The summed E-state index contributed by atoms with van der Waals surface area (Å²) in [6, 6.07) is 21.7. The summed E-state index contributed by atoms with van der Waals surface area (Å²) in [5.74, 6) is -0.772. The fraction of sp³-hybridized carbons (Fsp3) is 0.414. The lowest BCUT2D eigenvalue weighted by Gasteiger charge is -2.50. The summed E-state index contributed by atoms with van der Waals surface area (Å²) in [7, 11) is 0.983. The Bertz CT molecular complexity index is 1220. The molecule has 0 saturated carbocycles. The van der Waals surface area contributed by atoms with Crippen LogP contribution in [-0.2, 0) is 15.1 Å². The van der Waals surface area contributed by atoms with E-state index in [4.69, 9.17) is 4.74 Å². The van der Waals surface area contributed by atoms with Gasteiger partial charge in [0, 0.05) is 38.2 Å². The molecular formula is C29H31F3N2O2. The van der Waals surface area contributed by atoms with Crippen LogP contribution in [0.1, 0.15) is 36.3 Å². The molecule has 3 aromatic carbocycles. The van der Waals surface area contributed by atoms with Gasteiger partial charge in [-0.1, -0.05) is 72.8 Å². The van der Waals surface area contributed by atoms with Crippen LogP contribution < -0.4 is 5.32 Å². The molecule has 36 heavy (non-hydrogen) atoms. The van der Waals surface area contributed by atoms with E-state index in [1.807, 2.05) is 18.2 Å². The molecule has 2 atom stereocenters. The zero-order valence-electron chi connectivity index (χ0n) is 20.4. The zero-order chi connectivity index (χ0) is 25.4. The molecule has 0 aliphatic carbocycles. The Morgan fingerprint density at radius 3 is 2.31 bits per heavy atom. The number of benzene rings is 3. The zero-order valence-corrected chi connectivity index (χ0v) is 20.4. The van der Waals surface area contributed by atoms with Crippen LogP contribution in [-0.4, -0.2) is 50.3 Å². The molecule has 2 aliphatic rings. The van der Waals surface area contributed by atoms with E-state index in [2.05, 4.69) is 17.4 Å². The highest BCUT2D eigenvalue weighted by Gasteiger charge is 2.64. The Morgan fingerprint density at radius 1 is 0.944 bits per heavy atom. The molecule has 1 spiro atoms. The highest BCUT2D eigenvalue weighted by Crippen LogP contribution is 2.50. The van der Waals surface area contributed by atoms with Gasteiger partial charge >= 0.3 is 6.18 Å². The maximum Gasteiger partial charge on any atom is 0.431 e. The van der Waals surface area contributed by atoms with Gasteiger partial charge in [-0.3, -0.25) is 4.79 Å². The number of alkyl halides is 3. The number of piperidine rings is 2. The number of amides is 1. The third-order valence-corrected chi connectivity index (χ3v) is 8.31. The van der Waals surface area contributed by atoms with Gasteiger partial charge in [-0.2, -0.15) is 13.2 Å². The smallest absolute Gasteiger partial charge is 0.356 e. The first-order valence-electron chi connectivity index (χ1n) is 12.5. The molecule has 1 amide bonds. The molecule has 1 N–H and O–H groups in total. The third kappa shape index (κ3) is 3.98. The lowest BCUT2D eigenvalue weighted by molar-refractivity contribution is -0.270. The second kappa shape index (κ2) is 9.52. The van der Waals surface area contributed by atoms with Crippen LogP contribution in [0.3, 0.4) is 0 Å². The van der Waals surface area contributed by atoms with Crippen LogP contribution in [0.15, 0.2) is 72.8 Å². The van der Waals surface area contributed by atoms with E-state index in [9.17, 15) is 18.0 Å². The van der Waals surface area contributed by atoms with Gasteiger partial charge in [-0.25, -0.2) is 0 Å². The minimum absolute atomic E-state index is 0.0448. The lowest BCUT2D eigenvalue weighted by Crippen LogP contribution is -2.60. The first-order valence-corrected chi connectivity index (χ1v) is 12.5. The lowest BCUT2D eigenvalue weighted by atomic mass is 9.62. The summed E-state index contributed by atoms with van der Waals surface area (Å²) in [4.78, 5) is 15.2. The number of ether oxygens (including phenoxy) is 1. The van der Waals surface area contributed by atoms with Crippen molar-refractivity contribution in [3.63, 3.8) is 0 Å². The van der Waals surface area contributed by atoms with Crippen molar-refractivity contribution in [2.24, 2.45) is 5.41 Å². The SMILES string of the molecule is COC(C(=O)N1CCC2(CCNCC2c2ccccc2)CC1)(c1cccc2ccccc12)C(F)(F)F. The number of hydrogen-bond donors (Lipinski definition) is 1. The van der Waals surface area contributed by atoms with E-state index in [1.54, 1.807) is 36.4 Å². The molecule has 2 heterocycles. The standard InChI is InChI=1S/C29H31F3N2O2/c1-36-28(29(30,31)32,24-13-7-11-21-8-5-6-12-23(21)24)26(35)34-18-15-27(16-19-34)14-17-33-20-25(27)22-9-3-2-4-10-22/h2-13,25,33H,14-20H2,1H3. The molecule has 0 radical (unpaired) electrons. The molecule has 190 valence electrons. The molecule has 7 heteroatoms. The van der Waals surface area contributed by atoms with Gasteiger partial charge in [0.25, 0.3) is 11.5 Å². The van der Waals surface area contributed by atoms with Crippen molar-refractivity contribution in [1.29, 1.82) is 0 Å². The fourth-order valence-electron chi connectivity index (χ4n) is 6.34. The van der Waals surface area contributed by atoms with Crippen LogP contribution in [0.2, 0.25) is 0 Å². The fourth-order valence-corrected chi connectivity index (χ4v) is 6.34. The molecule has 3 aromatic rings. The van der Waals surface area contributed by atoms with E-state index in [0.29, 0.717) is 23.6 Å². The number of nitrogens with zero attached hydrogens (tertiary/aromatic N) is 1. The predicted octanol–water partition coefficient (Wildman–Crippen LogP) is 5.63. The quantitative estimate of drug-likeness (QED) is 0.509. The van der Waals surface area contributed by atoms with Gasteiger partial charge in [0.2, 0.25) is 0 Å². The topological polar surface area (TPSA) is 41.6 Å². The molecule has 0 aromatic heterocycles. The Morgan fingerprint density at radius 2 is 1.61 bits per heavy atom. The number of fused-ring (bicyclic) bond motifs is 1. The molecule has 2 aliphatic heterocycles. The number of nitrogens with one attached hydrogen (secondary N) is 1. The predicted molar refractivity (Wildman–Crippen MR) is 134 cm³/mol. The molecule has 4 nitrogen and oxygen atoms in total. The second-order valence-electron chi connectivity index (χ2n) is 9.98. The van der Waals surface area contributed by atoms with Crippen molar-refractivity contribution < 1.29 is 22.7 Å². The highest BCUT2D eigenvalue weighted by atomic mass is 19.4. The number of halogens is 3. The van der Waals surface area contributed by atoms with Crippen molar-refractivity contribution in [3.05, 3.63) is 83.9 Å². The number of methoxy groups -OCH3 is 1. The van der Waals surface area contributed by atoms with Gasteiger partial charge in [0.15, 0.2) is 0 Å². The van der Waals surface area contributed by atoms with Gasteiger partial charge < -0.3 is 15.0 Å². The molecule has 2 saturated heterocycles. The molecule has 2 fully saturated rings. The Balaban J connectivity index is 1.48. The van der Waals surface area contributed by atoms with E-state index in [-0.39, 0.29) is 30.0 Å². The van der Waals surface area contributed by atoms with Gasteiger partial charge in [0.05, 0.1) is 0 Å². The number of rotatable bonds is 4. The van der Waals surface area contributed by atoms with E-state index < -0.39 is 17.7 Å². The average molecular weight is 497 g/mol. The van der Waals surface area contributed by atoms with E-state index in [1.165, 1.54) is 16.5 Å². The first kappa shape index (κ1) is 24.8. The Kier molecular flexibility index (Phi) is 6.55. The minimum atomic E-state index is -4.93. The molecule has 5 rings (SSSR count). The number of likely N-dealkylation sites (tertiary alicyclic amines) is 1. The summed E-state index contributed by atoms with van der Waals surface area (Å²) < 4.78 is 49.7. The summed E-state index contributed by atoms with van der Waals surface area (Å²) >= 11 is 0. The number of hydrogen-bond acceptors (Lipinski definition) is 3. The van der Waals surface area contributed by atoms with Gasteiger partial charge in [-0.15, -0.1) is 0 Å². The molecule has 0 bridgehead atoms. The normalized spacial score (nSPS) is 21.9. The monoisotopic (exact) mass is 496 g/mol. The van der Waals surface area contributed by atoms with Crippen LogP contribution in [0.5, 0.6) is 0 Å². The summed E-state index contributed by atoms with van der Waals surface area (Å²) in [6.07, 6.45) is -2.67. The van der Waals surface area contributed by atoms with Crippen molar-refractivity contribution in [3.8, 4) is 0 Å². The molecular weight excluding hydrogens is 465 g/mol. The molecule has 2 unspecified atom stereocenters. The van der Waals surface area contributed by atoms with Crippen molar-refractivity contribution in [2.75, 3.05) is 33.3 Å². The summed E-state index contributed by atoms with van der Waals surface area (Å²) in [5.41, 5.74) is -2.03. The summed E-state index contributed by atoms with van der Waals surface area (Å²) in [5, 5.41) is 4.48. The van der Waals surface area contributed by atoms with Crippen LogP contribution in [0, 0.1) is 5.41 Å². The van der Waals surface area contributed by atoms with E-state index in [0.717, 1.165) is 26.6 Å². The first-order chi connectivity index (χ1) is 17.3. The number of carbonyl (C=O) groups excluding carboxylic acids is 1. The highest BCUT2D eigenvalue weighted by molar-refractivity contribution is 5.95. The summed E-state index contributed by atoms with van der Waals surface area (Å²) in [6.45, 7) is 2.25. The Hall–Kier alpha value is -2.90. The average Bonchev–Trinajstić information content (AvgIpc) is 2.90. The third-order valence-electron chi connectivity index (χ3n) is 8.31. The van der Waals surface area contributed by atoms with Crippen LogP contribution in [0.4, 0.5) is 13.2 Å². The van der Waals surface area contributed by atoms with Crippen molar-refractivity contribution >= 4 is 16.7 Å². The second-order valence-corrected chi connectivity index (χ2v) is 9.98. The van der Waals surface area contributed by atoms with Crippen LogP contribution in [0.25, 0.3) is 10.8 Å². The van der Waals surface area contributed by atoms with Crippen molar-refractivity contribution in [1.82, 2.24) is 10.2 Å². The minimum Gasteiger partial charge on any atom is -0.356 e. The maximum absolute atomic E-state index is 14.8. The number of carbonyl (C=O) groups is 1. The maximum atomic E-state index is 14.8. The Labute approximate surface area is 209 Å². The van der Waals surface area contributed by atoms with Gasteiger partial charge in [-0.05, 0) is 47.6 Å².